The molecule has 134 valence electrons. The molecule has 2 saturated heterocycles. The van der Waals surface area contributed by atoms with Crippen molar-refractivity contribution in [1.29, 1.82) is 0 Å². The van der Waals surface area contributed by atoms with Gasteiger partial charge in [-0.2, -0.15) is 0 Å². The Balaban J connectivity index is 0.000000292. The van der Waals surface area contributed by atoms with Crippen molar-refractivity contribution in [3.8, 4) is 0 Å². The molecule has 2 heterocycles. The average Bonchev–Trinajstić information content (AvgIpc) is 2.65. The molecule has 2 fully saturated rings. The fourth-order valence-electron chi connectivity index (χ4n) is 2.84. The average molecular weight is 334 g/mol. The quantitative estimate of drug-likeness (QED) is 0.789. The van der Waals surface area contributed by atoms with Gasteiger partial charge in [-0.25, -0.2) is 0 Å². The first-order chi connectivity index (χ1) is 11.6. The van der Waals surface area contributed by atoms with E-state index in [2.05, 4.69) is 17.1 Å². The fraction of sp³-hybridized carbons (Fsp3) is 0.611. The molecule has 2 aliphatic heterocycles. The number of nitrogens with two attached hydrogens (primary N) is 1. The van der Waals surface area contributed by atoms with Gasteiger partial charge < -0.3 is 25.6 Å². The van der Waals surface area contributed by atoms with Gasteiger partial charge in [0, 0.05) is 50.5 Å². The summed E-state index contributed by atoms with van der Waals surface area (Å²) in [4.78, 5) is 16.7. The lowest BCUT2D eigenvalue weighted by Gasteiger charge is -2.34. The van der Waals surface area contributed by atoms with E-state index in [4.69, 9.17) is 10.5 Å². The zero-order chi connectivity index (χ0) is 17.4. The number of anilines is 1. The van der Waals surface area contributed by atoms with Gasteiger partial charge in [0.25, 0.3) is 5.91 Å². The highest BCUT2D eigenvalue weighted by Gasteiger charge is 2.22. The minimum Gasteiger partial charge on any atom is -0.398 e. The van der Waals surface area contributed by atoms with Gasteiger partial charge in [0.2, 0.25) is 0 Å². The van der Waals surface area contributed by atoms with Crippen LogP contribution in [0.4, 0.5) is 5.69 Å². The third-order valence-corrected chi connectivity index (χ3v) is 4.56. The summed E-state index contributed by atoms with van der Waals surface area (Å²) in [5, 5.41) is 3.16. The molecule has 1 aromatic carbocycles. The van der Waals surface area contributed by atoms with E-state index in [-0.39, 0.29) is 5.91 Å². The fourth-order valence-corrected chi connectivity index (χ4v) is 2.84. The van der Waals surface area contributed by atoms with Crippen molar-refractivity contribution in [3.63, 3.8) is 0 Å². The number of nitrogens with one attached hydrogen (secondary N) is 1. The zero-order valence-electron chi connectivity index (χ0n) is 14.9. The van der Waals surface area contributed by atoms with Crippen molar-refractivity contribution in [2.75, 3.05) is 64.8 Å². The molecule has 0 radical (unpaired) electrons. The number of benzene rings is 1. The minimum atomic E-state index is 0.107. The number of nitrogen functional groups attached to an aromatic ring is 1. The Kier molecular flexibility index (Phi) is 7.49. The molecule has 6 heteroatoms. The summed E-state index contributed by atoms with van der Waals surface area (Å²) in [6.07, 6.45) is 0. The van der Waals surface area contributed by atoms with Gasteiger partial charge in [-0.05, 0) is 31.2 Å². The number of hydrogen-bond acceptors (Lipinski definition) is 5. The van der Waals surface area contributed by atoms with Crippen LogP contribution in [0.3, 0.4) is 0 Å². The molecule has 3 rings (SSSR count). The van der Waals surface area contributed by atoms with E-state index in [1.54, 1.807) is 0 Å². The largest absolute Gasteiger partial charge is 0.398 e. The minimum absolute atomic E-state index is 0.107. The van der Waals surface area contributed by atoms with Crippen molar-refractivity contribution in [2.24, 2.45) is 0 Å². The number of carbonyl (C=O) groups is 1. The standard InChI is InChI=1S/C14H21N3O.C4H9NO/c1-3-16-7-9-17(10-8-16)14(18)12-5-4-6-13(15)11(12)2;1-3-6-4-2-5-1/h4-6H,3,7-10,15H2,1-2H3;5H,1-4H2. The smallest absolute Gasteiger partial charge is 0.254 e. The number of likely N-dealkylation sites (N-methyl/N-ethyl adjacent to an activating group) is 1. The van der Waals surface area contributed by atoms with Crippen molar-refractivity contribution in [1.82, 2.24) is 15.1 Å². The highest BCUT2D eigenvalue weighted by Crippen LogP contribution is 2.18. The molecule has 0 aliphatic carbocycles. The third-order valence-electron chi connectivity index (χ3n) is 4.56. The van der Waals surface area contributed by atoms with Crippen LogP contribution in [0.5, 0.6) is 0 Å². The summed E-state index contributed by atoms with van der Waals surface area (Å²) in [5.41, 5.74) is 8.17. The summed E-state index contributed by atoms with van der Waals surface area (Å²) in [6, 6.07) is 5.54. The molecule has 0 atom stereocenters. The maximum atomic E-state index is 12.4. The highest BCUT2D eigenvalue weighted by molar-refractivity contribution is 5.97. The molecule has 0 aromatic heterocycles. The summed E-state index contributed by atoms with van der Waals surface area (Å²) in [6.45, 7) is 12.5. The van der Waals surface area contributed by atoms with E-state index in [1.165, 1.54) is 0 Å². The normalized spacial score (nSPS) is 18.7. The highest BCUT2D eigenvalue weighted by atomic mass is 16.5. The van der Waals surface area contributed by atoms with Crippen LogP contribution in [-0.4, -0.2) is 74.7 Å². The number of morpholine rings is 1. The summed E-state index contributed by atoms with van der Waals surface area (Å²) in [5.74, 6) is 0.107. The molecule has 2 aliphatic rings. The van der Waals surface area contributed by atoms with Crippen molar-refractivity contribution in [3.05, 3.63) is 29.3 Å². The molecule has 1 aromatic rings. The Morgan fingerprint density at radius 2 is 1.88 bits per heavy atom. The molecule has 1 amide bonds. The molecule has 0 saturated carbocycles. The Morgan fingerprint density at radius 3 is 2.38 bits per heavy atom. The monoisotopic (exact) mass is 334 g/mol. The Bertz CT molecular complexity index is 512. The molecular weight excluding hydrogens is 304 g/mol. The van der Waals surface area contributed by atoms with Crippen LogP contribution in [0.1, 0.15) is 22.8 Å². The maximum Gasteiger partial charge on any atom is 0.254 e. The first-order valence-electron chi connectivity index (χ1n) is 8.78. The van der Waals surface area contributed by atoms with Crippen LogP contribution in [-0.2, 0) is 4.74 Å². The molecule has 6 nitrogen and oxygen atoms in total. The predicted molar refractivity (Wildman–Crippen MR) is 97.3 cm³/mol. The lowest BCUT2D eigenvalue weighted by atomic mass is 10.1. The first kappa shape index (κ1) is 18.7. The lowest BCUT2D eigenvalue weighted by molar-refractivity contribution is 0.0642. The number of rotatable bonds is 2. The van der Waals surface area contributed by atoms with E-state index in [0.717, 1.165) is 70.2 Å². The second-order valence-corrected chi connectivity index (χ2v) is 6.11. The molecule has 0 spiro atoms. The molecule has 0 bridgehead atoms. The van der Waals surface area contributed by atoms with Crippen LogP contribution < -0.4 is 11.1 Å². The van der Waals surface area contributed by atoms with E-state index >= 15 is 0 Å². The second-order valence-electron chi connectivity index (χ2n) is 6.11. The number of ether oxygens (including phenoxy) is 1. The molecule has 3 N–H and O–H groups in total. The van der Waals surface area contributed by atoms with Gasteiger partial charge >= 0.3 is 0 Å². The molecule has 0 unspecified atom stereocenters. The van der Waals surface area contributed by atoms with Crippen molar-refractivity contribution >= 4 is 11.6 Å². The Hall–Kier alpha value is -1.63. The number of carbonyl (C=O) groups excluding carboxylic acids is 1. The molecular formula is C18H30N4O2. The Morgan fingerprint density at radius 1 is 1.21 bits per heavy atom. The lowest BCUT2D eigenvalue weighted by Crippen LogP contribution is -2.48. The summed E-state index contributed by atoms with van der Waals surface area (Å²) in [7, 11) is 0. The van der Waals surface area contributed by atoms with Crippen molar-refractivity contribution < 1.29 is 9.53 Å². The number of amides is 1. The van der Waals surface area contributed by atoms with Gasteiger partial charge in [-0.3, -0.25) is 4.79 Å². The third kappa shape index (κ3) is 5.19. The topological polar surface area (TPSA) is 70.8 Å². The Labute approximate surface area is 144 Å². The van der Waals surface area contributed by atoms with Crippen LogP contribution in [0.15, 0.2) is 18.2 Å². The van der Waals surface area contributed by atoms with Gasteiger partial charge in [0.05, 0.1) is 13.2 Å². The summed E-state index contributed by atoms with van der Waals surface area (Å²) < 4.78 is 5.01. The van der Waals surface area contributed by atoms with E-state index in [9.17, 15) is 4.79 Å². The summed E-state index contributed by atoms with van der Waals surface area (Å²) >= 11 is 0. The van der Waals surface area contributed by atoms with Crippen LogP contribution in [0, 0.1) is 6.92 Å². The second kappa shape index (κ2) is 9.61. The number of hydrogen-bond donors (Lipinski definition) is 2. The van der Waals surface area contributed by atoms with Gasteiger partial charge in [0.15, 0.2) is 0 Å². The predicted octanol–water partition coefficient (Wildman–Crippen LogP) is 0.961. The van der Waals surface area contributed by atoms with Crippen molar-refractivity contribution in [2.45, 2.75) is 13.8 Å². The first-order valence-corrected chi connectivity index (χ1v) is 8.78. The van der Waals surface area contributed by atoms with Gasteiger partial charge in [-0.15, -0.1) is 0 Å². The van der Waals surface area contributed by atoms with Gasteiger partial charge in [0.1, 0.15) is 0 Å². The van der Waals surface area contributed by atoms with E-state index < -0.39 is 0 Å². The van der Waals surface area contributed by atoms with Crippen LogP contribution in [0.25, 0.3) is 0 Å². The maximum absolute atomic E-state index is 12.4. The zero-order valence-corrected chi connectivity index (χ0v) is 14.9. The van der Waals surface area contributed by atoms with Crippen LogP contribution >= 0.6 is 0 Å². The van der Waals surface area contributed by atoms with E-state index in [0.29, 0.717) is 5.69 Å². The van der Waals surface area contributed by atoms with E-state index in [1.807, 2.05) is 30.0 Å². The SMILES string of the molecule is C1COCCN1.CCN1CCN(C(=O)c2cccc(N)c2C)CC1. The number of nitrogens with zero attached hydrogens (tertiary/aromatic N) is 2. The molecule has 24 heavy (non-hydrogen) atoms. The van der Waals surface area contributed by atoms with Crippen LogP contribution in [0.2, 0.25) is 0 Å². The van der Waals surface area contributed by atoms with Gasteiger partial charge in [-0.1, -0.05) is 13.0 Å². The number of piperazine rings is 1.